The minimum Gasteiger partial charge on any atom is -0.313 e. The van der Waals surface area contributed by atoms with Crippen LogP contribution in [0.2, 0.25) is 0 Å². The van der Waals surface area contributed by atoms with Crippen molar-refractivity contribution >= 4 is 0 Å². The molecule has 1 N–H and O–H groups in total. The van der Waals surface area contributed by atoms with E-state index in [4.69, 9.17) is 6.42 Å². The van der Waals surface area contributed by atoms with Gasteiger partial charge in [-0.1, -0.05) is 12.8 Å². The SMILES string of the molecule is C#CCN1CCCC(NCCC)C1. The van der Waals surface area contributed by atoms with E-state index < -0.39 is 0 Å². The number of rotatable bonds is 4. The highest BCUT2D eigenvalue weighted by molar-refractivity contribution is 4.90. The standard InChI is InChI=1S/C11H20N2/c1-3-7-12-11-6-5-9-13(10-11)8-4-2/h2,11-12H,3,5-10H2,1H3. The maximum absolute atomic E-state index is 5.29. The Morgan fingerprint density at radius 1 is 1.62 bits per heavy atom. The van der Waals surface area contributed by atoms with E-state index in [1.54, 1.807) is 0 Å². The van der Waals surface area contributed by atoms with Crippen molar-refractivity contribution < 1.29 is 0 Å². The molecule has 0 spiro atoms. The van der Waals surface area contributed by atoms with Gasteiger partial charge in [-0.15, -0.1) is 6.42 Å². The summed E-state index contributed by atoms with van der Waals surface area (Å²) < 4.78 is 0. The van der Waals surface area contributed by atoms with Crippen molar-refractivity contribution in [2.24, 2.45) is 0 Å². The third-order valence-electron chi connectivity index (χ3n) is 2.50. The Hall–Kier alpha value is -0.520. The van der Waals surface area contributed by atoms with Crippen LogP contribution >= 0.6 is 0 Å². The van der Waals surface area contributed by atoms with Crippen LogP contribution in [0.1, 0.15) is 26.2 Å². The van der Waals surface area contributed by atoms with Gasteiger partial charge in [0.05, 0.1) is 6.54 Å². The summed E-state index contributed by atoms with van der Waals surface area (Å²) in [5.41, 5.74) is 0. The number of nitrogens with zero attached hydrogens (tertiary/aromatic N) is 1. The Kier molecular flexibility index (Phi) is 4.88. The first-order valence-electron chi connectivity index (χ1n) is 5.26. The second-order valence-corrected chi connectivity index (χ2v) is 3.73. The lowest BCUT2D eigenvalue weighted by molar-refractivity contribution is 0.211. The largest absolute Gasteiger partial charge is 0.313 e. The number of piperidine rings is 1. The molecule has 0 radical (unpaired) electrons. The van der Waals surface area contributed by atoms with Crippen LogP contribution in [-0.2, 0) is 0 Å². The second-order valence-electron chi connectivity index (χ2n) is 3.73. The predicted octanol–water partition coefficient (Wildman–Crippen LogP) is 1.08. The Labute approximate surface area is 81.7 Å². The molecule has 13 heavy (non-hydrogen) atoms. The fourth-order valence-corrected chi connectivity index (χ4v) is 1.84. The molecule has 0 bridgehead atoms. The molecule has 1 aliphatic rings. The molecule has 1 heterocycles. The van der Waals surface area contributed by atoms with Crippen molar-refractivity contribution in [3.05, 3.63) is 0 Å². The maximum atomic E-state index is 5.29. The Morgan fingerprint density at radius 3 is 3.15 bits per heavy atom. The zero-order valence-corrected chi connectivity index (χ0v) is 8.55. The van der Waals surface area contributed by atoms with Crippen LogP contribution in [-0.4, -0.2) is 37.1 Å². The fraction of sp³-hybridized carbons (Fsp3) is 0.818. The van der Waals surface area contributed by atoms with Crippen LogP contribution < -0.4 is 5.32 Å². The summed E-state index contributed by atoms with van der Waals surface area (Å²) in [4.78, 5) is 2.36. The van der Waals surface area contributed by atoms with Gasteiger partial charge in [-0.2, -0.15) is 0 Å². The summed E-state index contributed by atoms with van der Waals surface area (Å²) >= 11 is 0. The van der Waals surface area contributed by atoms with Gasteiger partial charge in [0.2, 0.25) is 0 Å². The van der Waals surface area contributed by atoms with E-state index in [0.29, 0.717) is 6.04 Å². The zero-order valence-electron chi connectivity index (χ0n) is 8.55. The number of nitrogens with one attached hydrogen (secondary N) is 1. The van der Waals surface area contributed by atoms with E-state index in [0.717, 1.165) is 19.6 Å². The van der Waals surface area contributed by atoms with Crippen LogP contribution in [0.15, 0.2) is 0 Å². The minimum absolute atomic E-state index is 0.669. The van der Waals surface area contributed by atoms with Crippen LogP contribution in [0, 0.1) is 12.3 Å². The summed E-state index contributed by atoms with van der Waals surface area (Å²) in [5.74, 6) is 2.71. The van der Waals surface area contributed by atoms with Gasteiger partial charge in [0.1, 0.15) is 0 Å². The normalized spacial score (nSPS) is 24.2. The molecule has 1 aliphatic heterocycles. The lowest BCUT2D eigenvalue weighted by Gasteiger charge is -2.31. The lowest BCUT2D eigenvalue weighted by atomic mass is 10.1. The molecule has 74 valence electrons. The summed E-state index contributed by atoms with van der Waals surface area (Å²) in [7, 11) is 0. The van der Waals surface area contributed by atoms with Gasteiger partial charge in [-0.3, -0.25) is 4.90 Å². The van der Waals surface area contributed by atoms with Crippen molar-refractivity contribution in [3.63, 3.8) is 0 Å². The number of hydrogen-bond donors (Lipinski definition) is 1. The summed E-state index contributed by atoms with van der Waals surface area (Å²) in [6.07, 6.45) is 9.09. The minimum atomic E-state index is 0.669. The van der Waals surface area contributed by atoms with Gasteiger partial charge in [-0.25, -0.2) is 0 Å². The number of likely N-dealkylation sites (tertiary alicyclic amines) is 1. The van der Waals surface area contributed by atoms with Gasteiger partial charge < -0.3 is 5.32 Å². The van der Waals surface area contributed by atoms with Crippen LogP contribution in [0.3, 0.4) is 0 Å². The molecule has 2 heteroatoms. The van der Waals surface area contributed by atoms with Gasteiger partial charge in [0, 0.05) is 12.6 Å². The first kappa shape index (κ1) is 10.6. The van der Waals surface area contributed by atoms with Crippen molar-refractivity contribution in [2.45, 2.75) is 32.2 Å². The van der Waals surface area contributed by atoms with Crippen molar-refractivity contribution in [2.75, 3.05) is 26.2 Å². The molecule has 1 atom stereocenters. The van der Waals surface area contributed by atoms with Crippen molar-refractivity contribution in [1.82, 2.24) is 10.2 Å². The highest BCUT2D eigenvalue weighted by Gasteiger charge is 2.17. The molecule has 1 unspecified atom stereocenters. The number of terminal acetylenes is 1. The molecule has 0 aromatic rings. The van der Waals surface area contributed by atoms with E-state index in [9.17, 15) is 0 Å². The Bertz CT molecular complexity index is 171. The molecule has 0 saturated carbocycles. The van der Waals surface area contributed by atoms with Crippen molar-refractivity contribution in [3.8, 4) is 12.3 Å². The Morgan fingerprint density at radius 2 is 2.46 bits per heavy atom. The third-order valence-corrected chi connectivity index (χ3v) is 2.50. The highest BCUT2D eigenvalue weighted by Crippen LogP contribution is 2.09. The van der Waals surface area contributed by atoms with Gasteiger partial charge in [-0.05, 0) is 32.4 Å². The molecule has 0 aromatic heterocycles. The summed E-state index contributed by atoms with van der Waals surface area (Å²) in [6, 6.07) is 0.669. The molecule has 0 aliphatic carbocycles. The van der Waals surface area contributed by atoms with Crippen LogP contribution in [0.25, 0.3) is 0 Å². The van der Waals surface area contributed by atoms with E-state index in [1.165, 1.54) is 25.8 Å². The molecule has 0 aromatic carbocycles. The van der Waals surface area contributed by atoms with Crippen LogP contribution in [0.4, 0.5) is 0 Å². The third kappa shape index (κ3) is 3.80. The molecule has 2 nitrogen and oxygen atoms in total. The highest BCUT2D eigenvalue weighted by atomic mass is 15.2. The van der Waals surface area contributed by atoms with Gasteiger partial charge in [0.15, 0.2) is 0 Å². The van der Waals surface area contributed by atoms with Crippen molar-refractivity contribution in [1.29, 1.82) is 0 Å². The average Bonchev–Trinajstić information content (AvgIpc) is 2.16. The number of hydrogen-bond acceptors (Lipinski definition) is 2. The maximum Gasteiger partial charge on any atom is 0.0599 e. The monoisotopic (exact) mass is 180 g/mol. The van der Waals surface area contributed by atoms with E-state index in [2.05, 4.69) is 23.1 Å². The molecular weight excluding hydrogens is 160 g/mol. The average molecular weight is 180 g/mol. The Balaban J connectivity index is 2.21. The van der Waals surface area contributed by atoms with Gasteiger partial charge >= 0.3 is 0 Å². The summed E-state index contributed by atoms with van der Waals surface area (Å²) in [5, 5.41) is 3.55. The first-order chi connectivity index (χ1) is 6.36. The molecule has 1 rings (SSSR count). The van der Waals surface area contributed by atoms with Crippen LogP contribution in [0.5, 0.6) is 0 Å². The quantitative estimate of drug-likeness (QED) is 0.651. The second kappa shape index (κ2) is 6.01. The smallest absolute Gasteiger partial charge is 0.0599 e. The first-order valence-corrected chi connectivity index (χ1v) is 5.26. The molecule has 1 fully saturated rings. The predicted molar refractivity (Wildman–Crippen MR) is 56.6 cm³/mol. The topological polar surface area (TPSA) is 15.3 Å². The zero-order chi connectivity index (χ0) is 9.52. The van der Waals surface area contributed by atoms with Gasteiger partial charge in [0.25, 0.3) is 0 Å². The molecular formula is C11H20N2. The lowest BCUT2D eigenvalue weighted by Crippen LogP contribution is -2.45. The van der Waals surface area contributed by atoms with E-state index in [-0.39, 0.29) is 0 Å². The molecule has 1 saturated heterocycles. The van der Waals surface area contributed by atoms with E-state index in [1.807, 2.05) is 0 Å². The summed E-state index contributed by atoms with van der Waals surface area (Å²) in [6.45, 7) is 6.45. The van der Waals surface area contributed by atoms with E-state index >= 15 is 0 Å². The fourth-order valence-electron chi connectivity index (χ4n) is 1.84. The molecule has 0 amide bonds.